The zero-order valence-corrected chi connectivity index (χ0v) is 17.6. The second-order valence-electron chi connectivity index (χ2n) is 6.71. The number of rotatable bonds is 8. The topological polar surface area (TPSA) is 95.1 Å². The molecule has 0 bridgehead atoms. The third kappa shape index (κ3) is 5.51. The van der Waals surface area contributed by atoms with Gasteiger partial charge in [0.05, 0.1) is 5.75 Å². The number of carbonyl (C=O) groups is 1. The lowest BCUT2D eigenvalue weighted by Crippen LogP contribution is -2.18. The third-order valence-corrected chi connectivity index (χ3v) is 5.34. The van der Waals surface area contributed by atoms with Gasteiger partial charge in [0.2, 0.25) is 11.1 Å². The summed E-state index contributed by atoms with van der Waals surface area (Å²) in [6.07, 6.45) is 0.964. The summed E-state index contributed by atoms with van der Waals surface area (Å²) in [5.74, 6) is 7.38. The molecule has 0 unspecified atom stereocenters. The van der Waals surface area contributed by atoms with E-state index < -0.39 is 0 Å². The minimum Gasteiger partial charge on any atom is -0.485 e. The molecule has 3 aromatic rings. The van der Waals surface area contributed by atoms with Crippen molar-refractivity contribution in [1.29, 1.82) is 0 Å². The van der Waals surface area contributed by atoms with Crippen LogP contribution in [0.25, 0.3) is 0 Å². The summed E-state index contributed by atoms with van der Waals surface area (Å²) in [5.41, 5.74) is 4.22. The van der Waals surface area contributed by atoms with Crippen LogP contribution >= 0.6 is 11.8 Å². The van der Waals surface area contributed by atoms with E-state index in [-0.39, 0.29) is 18.3 Å². The lowest BCUT2D eigenvalue weighted by molar-refractivity contribution is -0.113. The Morgan fingerprint density at radius 2 is 1.93 bits per heavy atom. The smallest absolute Gasteiger partial charge is 0.234 e. The predicted molar refractivity (Wildman–Crippen MR) is 116 cm³/mol. The quantitative estimate of drug-likeness (QED) is 0.435. The minimum absolute atomic E-state index is 0.129. The van der Waals surface area contributed by atoms with E-state index in [4.69, 9.17) is 10.6 Å². The van der Waals surface area contributed by atoms with Gasteiger partial charge < -0.3 is 15.9 Å². The molecule has 1 heterocycles. The minimum atomic E-state index is -0.129. The number of amides is 1. The Kier molecular flexibility index (Phi) is 6.77. The van der Waals surface area contributed by atoms with E-state index in [1.165, 1.54) is 27.6 Å². The number of hydrogen-bond donors (Lipinski definition) is 2. The number of aromatic nitrogens is 3. The number of thioether (sulfide) groups is 1. The van der Waals surface area contributed by atoms with Gasteiger partial charge in [0.25, 0.3) is 0 Å². The number of anilines is 1. The van der Waals surface area contributed by atoms with Crippen molar-refractivity contribution in [1.82, 2.24) is 14.9 Å². The fourth-order valence-corrected chi connectivity index (χ4v) is 3.43. The molecule has 0 fully saturated rings. The first kappa shape index (κ1) is 20.7. The van der Waals surface area contributed by atoms with Gasteiger partial charge in [-0.1, -0.05) is 48.5 Å². The number of hydrogen-bond acceptors (Lipinski definition) is 6. The van der Waals surface area contributed by atoms with Crippen molar-refractivity contribution in [3.05, 3.63) is 65.0 Å². The number of nitrogens with zero attached hydrogens (tertiary/aromatic N) is 3. The van der Waals surface area contributed by atoms with Gasteiger partial charge in [-0.2, -0.15) is 0 Å². The van der Waals surface area contributed by atoms with Crippen LogP contribution in [0.2, 0.25) is 0 Å². The monoisotopic (exact) mass is 411 g/mol. The van der Waals surface area contributed by atoms with E-state index in [1.807, 2.05) is 50.2 Å². The molecule has 1 amide bonds. The Morgan fingerprint density at radius 1 is 1.17 bits per heavy atom. The number of benzene rings is 2. The summed E-state index contributed by atoms with van der Waals surface area (Å²) in [5, 5.41) is 11.5. The summed E-state index contributed by atoms with van der Waals surface area (Å²) in [4.78, 5) is 12.2. The van der Waals surface area contributed by atoms with Gasteiger partial charge in [0.15, 0.2) is 5.82 Å². The molecule has 0 saturated carbocycles. The molecule has 29 heavy (non-hydrogen) atoms. The standard InChI is InChI=1S/C21H25N5O2S/c1-4-16-6-8-17(9-7-16)23-20(27)13-29-21-25-24-19(26(21)22)12-28-18-10-5-14(2)11-15(18)3/h5-11H,4,12-13,22H2,1-3H3,(H,23,27). The molecular formula is C21H25N5O2S. The van der Waals surface area contributed by atoms with Crippen molar-refractivity contribution in [3.8, 4) is 5.75 Å². The summed E-state index contributed by atoms with van der Waals surface area (Å²) >= 11 is 1.23. The Hall–Kier alpha value is -3.00. The summed E-state index contributed by atoms with van der Waals surface area (Å²) < 4.78 is 7.16. The molecule has 8 heteroatoms. The van der Waals surface area contributed by atoms with Crippen molar-refractivity contribution in [2.75, 3.05) is 16.9 Å². The first-order valence-electron chi connectivity index (χ1n) is 9.37. The van der Waals surface area contributed by atoms with Gasteiger partial charge in [-0.25, -0.2) is 4.68 Å². The molecule has 0 aliphatic rings. The molecule has 7 nitrogen and oxygen atoms in total. The molecule has 1 aromatic heterocycles. The van der Waals surface area contributed by atoms with Gasteiger partial charge in [-0.3, -0.25) is 4.79 Å². The molecule has 0 atom stereocenters. The normalized spacial score (nSPS) is 10.7. The fourth-order valence-electron chi connectivity index (χ4n) is 2.76. The molecule has 0 aliphatic heterocycles. The van der Waals surface area contributed by atoms with Gasteiger partial charge >= 0.3 is 0 Å². The lowest BCUT2D eigenvalue weighted by Gasteiger charge is -2.09. The predicted octanol–water partition coefficient (Wildman–Crippen LogP) is 3.48. The number of aryl methyl sites for hydroxylation is 3. The van der Waals surface area contributed by atoms with Crippen molar-refractivity contribution < 1.29 is 9.53 Å². The Balaban J connectivity index is 1.52. The molecule has 0 radical (unpaired) electrons. The van der Waals surface area contributed by atoms with Crippen LogP contribution in [0.1, 0.15) is 29.4 Å². The van der Waals surface area contributed by atoms with Crippen molar-refractivity contribution in [3.63, 3.8) is 0 Å². The van der Waals surface area contributed by atoms with Gasteiger partial charge in [-0.05, 0) is 49.6 Å². The highest BCUT2D eigenvalue weighted by molar-refractivity contribution is 7.99. The maximum Gasteiger partial charge on any atom is 0.234 e. The van der Waals surface area contributed by atoms with Crippen molar-refractivity contribution >= 4 is 23.4 Å². The largest absolute Gasteiger partial charge is 0.485 e. The molecule has 0 spiro atoms. The van der Waals surface area contributed by atoms with Crippen molar-refractivity contribution in [2.24, 2.45) is 0 Å². The maximum absolute atomic E-state index is 12.2. The summed E-state index contributed by atoms with van der Waals surface area (Å²) in [7, 11) is 0. The number of nitrogens with one attached hydrogen (secondary N) is 1. The molecule has 3 rings (SSSR count). The Labute approximate surface area is 174 Å². The van der Waals surface area contributed by atoms with E-state index in [9.17, 15) is 4.79 Å². The fraction of sp³-hybridized carbons (Fsp3) is 0.286. The maximum atomic E-state index is 12.2. The highest BCUT2D eigenvalue weighted by atomic mass is 32.2. The first-order chi connectivity index (χ1) is 14.0. The zero-order chi connectivity index (χ0) is 20.8. The van der Waals surface area contributed by atoms with Crippen LogP contribution in [0.3, 0.4) is 0 Å². The van der Waals surface area contributed by atoms with E-state index >= 15 is 0 Å². The first-order valence-corrected chi connectivity index (χ1v) is 10.4. The number of carbonyl (C=O) groups excluding carboxylic acids is 1. The average molecular weight is 412 g/mol. The lowest BCUT2D eigenvalue weighted by atomic mass is 10.1. The molecule has 0 saturated heterocycles. The Morgan fingerprint density at radius 3 is 2.62 bits per heavy atom. The van der Waals surface area contributed by atoms with Gasteiger partial charge in [0.1, 0.15) is 12.4 Å². The van der Waals surface area contributed by atoms with E-state index in [0.29, 0.717) is 11.0 Å². The number of nitrogen functional groups attached to an aromatic ring is 1. The second kappa shape index (κ2) is 9.47. The number of nitrogens with two attached hydrogens (primary N) is 1. The SMILES string of the molecule is CCc1ccc(NC(=O)CSc2nnc(COc3ccc(C)cc3C)n2N)cc1. The summed E-state index contributed by atoms with van der Waals surface area (Å²) in [6, 6.07) is 13.8. The van der Waals surface area contributed by atoms with Crippen LogP contribution in [-0.4, -0.2) is 26.5 Å². The van der Waals surface area contributed by atoms with Crippen molar-refractivity contribution in [2.45, 2.75) is 39.0 Å². The van der Waals surface area contributed by atoms with Crippen LogP contribution in [0.4, 0.5) is 5.69 Å². The van der Waals surface area contributed by atoms with E-state index in [0.717, 1.165) is 23.4 Å². The molecule has 152 valence electrons. The summed E-state index contributed by atoms with van der Waals surface area (Å²) in [6.45, 7) is 6.32. The highest BCUT2D eigenvalue weighted by Crippen LogP contribution is 2.21. The molecule has 3 N–H and O–H groups in total. The second-order valence-corrected chi connectivity index (χ2v) is 7.66. The third-order valence-electron chi connectivity index (χ3n) is 4.40. The van der Waals surface area contributed by atoms with E-state index in [2.05, 4.69) is 28.5 Å². The van der Waals surface area contributed by atoms with Crippen LogP contribution in [0.15, 0.2) is 47.6 Å². The van der Waals surface area contributed by atoms with Crippen LogP contribution in [-0.2, 0) is 17.8 Å². The zero-order valence-electron chi connectivity index (χ0n) is 16.8. The average Bonchev–Trinajstić information content (AvgIpc) is 3.06. The highest BCUT2D eigenvalue weighted by Gasteiger charge is 2.13. The molecule has 0 aliphatic carbocycles. The Bertz CT molecular complexity index is 985. The van der Waals surface area contributed by atoms with Crippen LogP contribution in [0.5, 0.6) is 5.75 Å². The molecular weight excluding hydrogens is 386 g/mol. The van der Waals surface area contributed by atoms with E-state index in [1.54, 1.807) is 0 Å². The van der Waals surface area contributed by atoms with Crippen LogP contribution < -0.4 is 15.9 Å². The number of ether oxygens (including phenoxy) is 1. The van der Waals surface area contributed by atoms with Crippen LogP contribution in [0, 0.1) is 13.8 Å². The molecule has 2 aromatic carbocycles. The van der Waals surface area contributed by atoms with Gasteiger partial charge in [0, 0.05) is 5.69 Å². The van der Waals surface area contributed by atoms with Gasteiger partial charge in [-0.15, -0.1) is 10.2 Å².